The minimum Gasteiger partial charge on any atom is -0.460 e. The van der Waals surface area contributed by atoms with Gasteiger partial charge < -0.3 is 4.42 Å². The van der Waals surface area contributed by atoms with Crippen molar-refractivity contribution in [2.75, 3.05) is 0 Å². The van der Waals surface area contributed by atoms with E-state index in [1.165, 1.54) is 21.9 Å². The molecule has 4 aromatic carbocycles. The molecule has 1 aromatic heterocycles. The molecule has 5 aromatic rings. The maximum absolute atomic E-state index is 12.2. The Hall–Kier alpha value is -3.33. The first-order chi connectivity index (χ1) is 14.8. The van der Waals surface area contributed by atoms with Gasteiger partial charge in [-0.1, -0.05) is 97.1 Å². The molecule has 0 amide bonds. The number of fused-ring (bicyclic) bond motifs is 3. The zero-order valence-electron chi connectivity index (χ0n) is 17.2. The summed E-state index contributed by atoms with van der Waals surface area (Å²) in [7, 11) is 0. The van der Waals surface area contributed by atoms with Gasteiger partial charge in [-0.05, 0) is 34.0 Å². The van der Waals surface area contributed by atoms with Gasteiger partial charge in [0, 0.05) is 6.07 Å². The van der Waals surface area contributed by atoms with E-state index in [-0.39, 0.29) is 36.2 Å². The minimum atomic E-state index is 0. The normalized spacial score (nSPS) is 13.4. The van der Waals surface area contributed by atoms with Crippen molar-refractivity contribution in [3.05, 3.63) is 136 Å². The van der Waals surface area contributed by atoms with E-state index >= 15 is 0 Å². The van der Waals surface area contributed by atoms with E-state index in [0.717, 1.165) is 0 Å². The Morgan fingerprint density at radius 3 is 1.91 bits per heavy atom. The molecule has 1 heterocycles. The van der Waals surface area contributed by atoms with Crippen LogP contribution in [0.4, 0.5) is 0 Å². The van der Waals surface area contributed by atoms with Crippen LogP contribution in [-0.4, -0.2) is 0 Å². The third-order valence-corrected chi connectivity index (χ3v) is 5.42. The molecule has 160 valence electrons. The molecule has 0 saturated heterocycles. The van der Waals surface area contributed by atoms with E-state index in [4.69, 9.17) is 4.42 Å². The highest BCUT2D eigenvalue weighted by molar-refractivity contribution is 5.85. The fourth-order valence-electron chi connectivity index (χ4n) is 3.91. The molecule has 0 saturated carbocycles. The van der Waals surface area contributed by atoms with Crippen LogP contribution in [0.1, 0.15) is 22.8 Å². The van der Waals surface area contributed by atoms with Crippen LogP contribution >= 0.6 is 24.8 Å². The summed E-state index contributed by atoms with van der Waals surface area (Å²) in [5.74, 6) is 0.735. The van der Waals surface area contributed by atoms with E-state index in [1.807, 2.05) is 30.3 Å². The molecule has 1 aliphatic rings. The lowest BCUT2D eigenvalue weighted by Gasteiger charge is -2.10. The molecule has 0 N–H and O–H groups in total. The van der Waals surface area contributed by atoms with Crippen LogP contribution in [0.3, 0.4) is 0 Å². The van der Waals surface area contributed by atoms with Crippen molar-refractivity contribution in [2.24, 2.45) is 0 Å². The van der Waals surface area contributed by atoms with E-state index in [2.05, 4.69) is 72.8 Å². The highest BCUT2D eigenvalue weighted by Crippen LogP contribution is 2.35. The van der Waals surface area contributed by atoms with Crippen molar-refractivity contribution in [3.8, 4) is 0 Å². The second kappa shape index (κ2) is 10.3. The molecule has 0 bridgehead atoms. The summed E-state index contributed by atoms with van der Waals surface area (Å²) in [5, 5.41) is 3.25. The summed E-state index contributed by atoms with van der Waals surface area (Å²) in [6.07, 6.45) is 4.16. The van der Waals surface area contributed by atoms with E-state index in [9.17, 15) is 4.79 Å². The van der Waals surface area contributed by atoms with Gasteiger partial charge in [-0.25, -0.2) is 0 Å². The first kappa shape index (κ1) is 23.3. The largest absolute Gasteiger partial charge is 0.460 e. The second-order valence-electron chi connectivity index (χ2n) is 7.32. The van der Waals surface area contributed by atoms with E-state index < -0.39 is 0 Å². The van der Waals surface area contributed by atoms with Gasteiger partial charge in [-0.15, -0.1) is 24.8 Å². The van der Waals surface area contributed by atoms with Crippen molar-refractivity contribution in [1.82, 2.24) is 0 Å². The van der Waals surface area contributed by atoms with Gasteiger partial charge in [0.15, 0.2) is 5.43 Å². The second-order valence-corrected chi connectivity index (χ2v) is 7.32. The van der Waals surface area contributed by atoms with Gasteiger partial charge in [0.25, 0.3) is 0 Å². The Balaban J connectivity index is 0.000000205. The molecule has 1 unspecified atom stereocenters. The Labute approximate surface area is 199 Å². The van der Waals surface area contributed by atoms with Crippen molar-refractivity contribution in [1.29, 1.82) is 0 Å². The van der Waals surface area contributed by atoms with Crippen LogP contribution in [0.2, 0.25) is 0 Å². The molecule has 0 radical (unpaired) electrons. The summed E-state index contributed by atoms with van der Waals surface area (Å²) >= 11 is 0. The monoisotopic (exact) mass is 460 g/mol. The van der Waals surface area contributed by atoms with Gasteiger partial charge in [-0.3, -0.25) is 4.79 Å². The number of rotatable bonds is 1. The number of allylic oxidation sites excluding steroid dienone is 1. The number of hydrogen-bond donors (Lipinski definition) is 0. The van der Waals surface area contributed by atoms with Gasteiger partial charge >= 0.3 is 0 Å². The van der Waals surface area contributed by atoms with Crippen LogP contribution in [-0.2, 0) is 0 Å². The van der Waals surface area contributed by atoms with Gasteiger partial charge in [0.05, 0.1) is 11.3 Å². The summed E-state index contributed by atoms with van der Waals surface area (Å²) < 4.78 is 5.93. The molecule has 6 rings (SSSR count). The molecule has 0 spiro atoms. The van der Waals surface area contributed by atoms with Crippen LogP contribution < -0.4 is 5.43 Å². The van der Waals surface area contributed by atoms with Crippen molar-refractivity contribution < 1.29 is 4.42 Å². The lowest BCUT2D eigenvalue weighted by Crippen LogP contribution is -2.05. The smallest absolute Gasteiger partial charge is 0.192 e. The van der Waals surface area contributed by atoms with Crippen LogP contribution in [0.15, 0.2) is 118 Å². The molecular formula is C28H22Cl2O2. The Kier molecular flexibility index (Phi) is 7.53. The summed E-state index contributed by atoms with van der Waals surface area (Å²) in [6, 6.07) is 33.9. The molecule has 2 nitrogen and oxygen atoms in total. The third kappa shape index (κ3) is 4.62. The predicted octanol–water partition coefficient (Wildman–Crippen LogP) is 7.64. The number of benzene rings is 4. The molecule has 0 fully saturated rings. The quantitative estimate of drug-likeness (QED) is 0.257. The third-order valence-electron chi connectivity index (χ3n) is 5.42. The molecule has 4 heteroatoms. The topological polar surface area (TPSA) is 30.2 Å². The molecule has 32 heavy (non-hydrogen) atoms. The van der Waals surface area contributed by atoms with E-state index in [1.54, 1.807) is 12.1 Å². The Morgan fingerprint density at radius 2 is 1.22 bits per heavy atom. The van der Waals surface area contributed by atoms with Crippen molar-refractivity contribution in [3.63, 3.8) is 0 Å². The molecule has 1 atom stereocenters. The molecular weight excluding hydrogens is 439 g/mol. The standard InChI is InChI=1S/C18H12O2.C10H8.2ClH/c19-16-11-18(20-17-8-4-3-7-15(16)17)14-10-9-12-5-1-2-6-13(12)14;1-2-6-10-8-4-3-7-9(10)5-1;;/h1-11,14H;1-8H;2*1H. The maximum atomic E-state index is 12.2. The first-order valence-electron chi connectivity index (χ1n) is 10.0. The summed E-state index contributed by atoms with van der Waals surface area (Å²) in [6.45, 7) is 0. The number of halogens is 2. The predicted molar refractivity (Wildman–Crippen MR) is 138 cm³/mol. The van der Waals surface area contributed by atoms with Crippen LogP contribution in [0, 0.1) is 0 Å². The molecule has 1 aliphatic carbocycles. The van der Waals surface area contributed by atoms with Crippen LogP contribution in [0.5, 0.6) is 0 Å². The SMILES string of the molecule is Cl.Cl.O=c1cc(C2C=Cc3ccccc32)oc2ccccc12.c1ccc2ccccc2c1. The summed E-state index contributed by atoms with van der Waals surface area (Å²) in [5.41, 5.74) is 3.03. The van der Waals surface area contributed by atoms with Crippen LogP contribution in [0.25, 0.3) is 27.8 Å². The Bertz CT molecular complexity index is 1370. The highest BCUT2D eigenvalue weighted by Gasteiger charge is 2.21. The highest BCUT2D eigenvalue weighted by atomic mass is 35.5. The van der Waals surface area contributed by atoms with Gasteiger partial charge in [0.2, 0.25) is 0 Å². The van der Waals surface area contributed by atoms with Gasteiger partial charge in [0.1, 0.15) is 11.3 Å². The maximum Gasteiger partial charge on any atom is 0.192 e. The van der Waals surface area contributed by atoms with Gasteiger partial charge in [-0.2, -0.15) is 0 Å². The zero-order valence-corrected chi connectivity index (χ0v) is 18.8. The lowest BCUT2D eigenvalue weighted by molar-refractivity contribution is 0.534. The molecule has 0 aliphatic heterocycles. The Morgan fingerprint density at radius 1 is 0.656 bits per heavy atom. The average Bonchev–Trinajstić information content (AvgIpc) is 3.24. The van der Waals surface area contributed by atoms with Crippen molar-refractivity contribution in [2.45, 2.75) is 5.92 Å². The first-order valence-corrected chi connectivity index (χ1v) is 10.0. The lowest BCUT2D eigenvalue weighted by atomic mass is 9.98. The number of hydrogen-bond acceptors (Lipinski definition) is 2. The zero-order chi connectivity index (χ0) is 20.3. The van der Waals surface area contributed by atoms with E-state index in [0.29, 0.717) is 16.7 Å². The van der Waals surface area contributed by atoms with Crippen molar-refractivity contribution >= 4 is 52.6 Å². The average molecular weight is 461 g/mol. The fourth-order valence-corrected chi connectivity index (χ4v) is 3.91. The fraction of sp³-hybridized carbons (Fsp3) is 0.0357. The summed E-state index contributed by atoms with van der Waals surface area (Å²) in [4.78, 5) is 12.2. The minimum absolute atomic E-state index is 0. The number of para-hydroxylation sites is 1.